The molecule has 0 spiro atoms. The summed E-state index contributed by atoms with van der Waals surface area (Å²) in [4.78, 5) is 22.0. The molecule has 0 aromatic rings. The van der Waals surface area contributed by atoms with Gasteiger partial charge in [0.1, 0.15) is 0 Å². The highest BCUT2D eigenvalue weighted by molar-refractivity contribution is 7.99. The molecule has 106 valence electrons. The second-order valence-electron chi connectivity index (χ2n) is 4.34. The summed E-state index contributed by atoms with van der Waals surface area (Å²) >= 11 is 1.77. The predicted molar refractivity (Wildman–Crippen MR) is 75.0 cm³/mol. The number of hydrogen-bond donors (Lipinski definition) is 3. The van der Waals surface area contributed by atoms with E-state index in [1.165, 1.54) is 0 Å². The number of hydrogen-bond acceptors (Lipinski definition) is 3. The van der Waals surface area contributed by atoms with Crippen LogP contribution in [0.15, 0.2) is 0 Å². The fourth-order valence-electron chi connectivity index (χ4n) is 1.41. The molecule has 0 aromatic heterocycles. The molecule has 6 heteroatoms. The smallest absolute Gasteiger partial charge is 0.314 e. The van der Waals surface area contributed by atoms with Gasteiger partial charge in [-0.05, 0) is 18.6 Å². The summed E-state index contributed by atoms with van der Waals surface area (Å²) in [6, 6.07) is -0.216. The van der Waals surface area contributed by atoms with Gasteiger partial charge in [0.05, 0.1) is 0 Å². The van der Waals surface area contributed by atoms with E-state index in [1.807, 2.05) is 13.2 Å². The summed E-state index contributed by atoms with van der Waals surface area (Å²) in [7, 11) is 0. The van der Waals surface area contributed by atoms with Gasteiger partial charge < -0.3 is 15.7 Å². The minimum Gasteiger partial charge on any atom is -0.481 e. The summed E-state index contributed by atoms with van der Waals surface area (Å²) in [5, 5.41) is 14.7. The van der Waals surface area contributed by atoms with E-state index in [1.54, 1.807) is 11.8 Å². The van der Waals surface area contributed by atoms with Gasteiger partial charge in [-0.25, -0.2) is 4.79 Å². The predicted octanol–water partition coefficient (Wildman–Crippen LogP) is 1.93. The first-order valence-corrected chi connectivity index (χ1v) is 7.54. The van der Waals surface area contributed by atoms with Crippen LogP contribution in [-0.2, 0) is 4.79 Å². The third-order valence-corrected chi connectivity index (χ3v) is 3.87. The molecule has 0 radical (unpaired) electrons. The van der Waals surface area contributed by atoms with E-state index in [2.05, 4.69) is 17.6 Å². The first kappa shape index (κ1) is 17.1. The number of carbonyl (C=O) groups is 2. The molecule has 0 saturated heterocycles. The zero-order valence-electron chi connectivity index (χ0n) is 11.4. The Hall–Kier alpha value is -0.910. The average Bonchev–Trinajstić information content (AvgIpc) is 2.33. The number of aliphatic carboxylic acids is 1. The lowest BCUT2D eigenvalue weighted by molar-refractivity contribution is -0.138. The van der Waals surface area contributed by atoms with Crippen LogP contribution in [0.4, 0.5) is 4.79 Å². The van der Waals surface area contributed by atoms with Gasteiger partial charge >= 0.3 is 12.0 Å². The summed E-state index contributed by atoms with van der Waals surface area (Å²) in [6.45, 7) is 5.09. The molecule has 3 N–H and O–H groups in total. The Morgan fingerprint density at radius 3 is 2.50 bits per heavy atom. The van der Waals surface area contributed by atoms with Gasteiger partial charge in [0, 0.05) is 24.8 Å². The lowest BCUT2D eigenvalue weighted by Crippen LogP contribution is -2.39. The van der Waals surface area contributed by atoms with Crippen LogP contribution in [0.25, 0.3) is 0 Å². The monoisotopic (exact) mass is 276 g/mol. The van der Waals surface area contributed by atoms with Crippen LogP contribution in [0.3, 0.4) is 0 Å². The number of carbonyl (C=O) groups excluding carboxylic acids is 1. The standard InChI is InChI=1S/C12H24N2O3S/c1-4-10(7-11(15)16)8-14-12(17)13-6-5-9(2)18-3/h9-10H,4-8H2,1-3H3,(H,15,16)(H2,13,14,17). The van der Waals surface area contributed by atoms with Crippen molar-refractivity contribution in [1.29, 1.82) is 0 Å². The fourth-order valence-corrected chi connectivity index (χ4v) is 1.77. The van der Waals surface area contributed by atoms with Crippen molar-refractivity contribution >= 4 is 23.8 Å². The van der Waals surface area contributed by atoms with Crippen LogP contribution in [0, 0.1) is 5.92 Å². The van der Waals surface area contributed by atoms with Crippen molar-refractivity contribution in [1.82, 2.24) is 10.6 Å². The Morgan fingerprint density at radius 1 is 1.33 bits per heavy atom. The Labute approximate surface area is 113 Å². The van der Waals surface area contributed by atoms with Gasteiger partial charge in [-0.15, -0.1) is 0 Å². The van der Waals surface area contributed by atoms with Crippen LogP contribution >= 0.6 is 11.8 Å². The van der Waals surface area contributed by atoms with Gasteiger partial charge in [0.15, 0.2) is 0 Å². The largest absolute Gasteiger partial charge is 0.481 e. The average molecular weight is 276 g/mol. The number of carboxylic acid groups (broad SMARTS) is 1. The van der Waals surface area contributed by atoms with Crippen molar-refractivity contribution in [2.45, 2.75) is 38.4 Å². The molecule has 0 fully saturated rings. The van der Waals surface area contributed by atoms with E-state index in [4.69, 9.17) is 5.11 Å². The Balaban J connectivity index is 3.71. The molecule has 2 unspecified atom stereocenters. The van der Waals surface area contributed by atoms with Crippen molar-refractivity contribution in [2.24, 2.45) is 5.92 Å². The second-order valence-corrected chi connectivity index (χ2v) is 5.62. The number of rotatable bonds is 9. The first-order valence-electron chi connectivity index (χ1n) is 6.25. The molecule has 0 rings (SSSR count). The summed E-state index contributed by atoms with van der Waals surface area (Å²) in [5.74, 6) is -0.823. The summed E-state index contributed by atoms with van der Waals surface area (Å²) in [6.07, 6.45) is 3.82. The minimum absolute atomic E-state index is 0.00151. The summed E-state index contributed by atoms with van der Waals surface area (Å²) in [5.41, 5.74) is 0. The lowest BCUT2D eigenvalue weighted by Gasteiger charge is -2.14. The molecule has 0 saturated carbocycles. The second kappa shape index (κ2) is 10.1. The quantitative estimate of drug-likeness (QED) is 0.601. The molecule has 0 aromatic carbocycles. The Kier molecular flexibility index (Phi) is 9.55. The van der Waals surface area contributed by atoms with Gasteiger partial charge in [0.25, 0.3) is 0 Å². The number of thioether (sulfide) groups is 1. The molecule has 0 heterocycles. The number of amides is 2. The zero-order chi connectivity index (χ0) is 14.0. The molecule has 0 bridgehead atoms. The topological polar surface area (TPSA) is 78.4 Å². The maximum Gasteiger partial charge on any atom is 0.314 e. The van der Waals surface area contributed by atoms with Crippen LogP contribution < -0.4 is 10.6 Å². The molecular weight excluding hydrogens is 252 g/mol. The van der Waals surface area contributed by atoms with E-state index in [0.717, 1.165) is 12.8 Å². The molecule has 18 heavy (non-hydrogen) atoms. The fraction of sp³-hybridized carbons (Fsp3) is 0.833. The number of urea groups is 1. The van der Waals surface area contributed by atoms with Crippen molar-refractivity contribution in [2.75, 3.05) is 19.3 Å². The highest BCUT2D eigenvalue weighted by Gasteiger charge is 2.12. The molecule has 2 amide bonds. The van der Waals surface area contributed by atoms with Crippen molar-refractivity contribution < 1.29 is 14.7 Å². The maximum atomic E-state index is 11.4. The lowest BCUT2D eigenvalue weighted by atomic mass is 10.0. The van der Waals surface area contributed by atoms with Gasteiger partial charge in [-0.2, -0.15) is 11.8 Å². The summed E-state index contributed by atoms with van der Waals surface area (Å²) < 4.78 is 0. The van der Waals surface area contributed by atoms with Crippen LogP contribution in [0.5, 0.6) is 0 Å². The Morgan fingerprint density at radius 2 is 2.00 bits per heavy atom. The molecule has 2 atom stereocenters. The SMILES string of the molecule is CCC(CNC(=O)NCCC(C)SC)CC(=O)O. The molecule has 0 aliphatic carbocycles. The van der Waals surface area contributed by atoms with Crippen molar-refractivity contribution in [3.05, 3.63) is 0 Å². The highest BCUT2D eigenvalue weighted by Crippen LogP contribution is 2.08. The maximum absolute atomic E-state index is 11.4. The number of nitrogens with one attached hydrogen (secondary N) is 2. The van der Waals surface area contributed by atoms with Gasteiger partial charge in [-0.3, -0.25) is 4.79 Å². The molecular formula is C12H24N2O3S. The Bertz CT molecular complexity index is 262. The van der Waals surface area contributed by atoms with E-state index in [0.29, 0.717) is 18.3 Å². The van der Waals surface area contributed by atoms with Gasteiger partial charge in [-0.1, -0.05) is 20.3 Å². The first-order chi connectivity index (χ1) is 8.49. The highest BCUT2D eigenvalue weighted by atomic mass is 32.2. The van der Waals surface area contributed by atoms with E-state index >= 15 is 0 Å². The number of carboxylic acids is 1. The third kappa shape index (κ3) is 9.15. The third-order valence-electron chi connectivity index (χ3n) is 2.83. The normalized spacial score (nSPS) is 13.7. The van der Waals surface area contributed by atoms with Crippen LogP contribution in [0.1, 0.15) is 33.1 Å². The van der Waals surface area contributed by atoms with Crippen LogP contribution in [0.2, 0.25) is 0 Å². The van der Waals surface area contributed by atoms with E-state index < -0.39 is 5.97 Å². The van der Waals surface area contributed by atoms with E-state index in [9.17, 15) is 9.59 Å². The van der Waals surface area contributed by atoms with E-state index in [-0.39, 0.29) is 18.4 Å². The van der Waals surface area contributed by atoms with Crippen molar-refractivity contribution in [3.63, 3.8) is 0 Å². The van der Waals surface area contributed by atoms with Crippen LogP contribution in [-0.4, -0.2) is 41.7 Å². The molecule has 5 nitrogen and oxygen atoms in total. The minimum atomic E-state index is -0.821. The molecule has 0 aliphatic heterocycles. The van der Waals surface area contributed by atoms with Gasteiger partial charge in [0.2, 0.25) is 0 Å². The van der Waals surface area contributed by atoms with Crippen molar-refractivity contribution in [3.8, 4) is 0 Å². The zero-order valence-corrected chi connectivity index (χ0v) is 12.2. The molecule has 0 aliphatic rings.